The lowest BCUT2D eigenvalue weighted by molar-refractivity contribution is 0.117. The second kappa shape index (κ2) is 7.03. The van der Waals surface area contributed by atoms with Gasteiger partial charge in [0, 0.05) is 44.5 Å². The Labute approximate surface area is 115 Å². The Bertz CT molecular complexity index is 371. The van der Waals surface area contributed by atoms with E-state index in [0.29, 0.717) is 12.6 Å². The molecule has 1 aromatic heterocycles. The first-order valence-corrected chi connectivity index (χ1v) is 7.20. The first-order chi connectivity index (χ1) is 9.19. The van der Waals surface area contributed by atoms with Crippen LogP contribution in [0.15, 0.2) is 12.4 Å². The van der Waals surface area contributed by atoms with E-state index < -0.39 is 0 Å². The smallest absolute Gasteiger partial charge is 0.0534 e. The fourth-order valence-corrected chi connectivity index (χ4v) is 2.83. The van der Waals surface area contributed by atoms with E-state index in [4.69, 9.17) is 5.11 Å². The number of aliphatic hydroxyl groups excluding tert-OH is 1. The molecule has 0 aliphatic carbocycles. The van der Waals surface area contributed by atoms with Gasteiger partial charge in [0.15, 0.2) is 0 Å². The first kappa shape index (κ1) is 14.5. The van der Waals surface area contributed by atoms with Gasteiger partial charge in [0.2, 0.25) is 0 Å². The first-order valence-electron chi connectivity index (χ1n) is 7.20. The zero-order valence-electron chi connectivity index (χ0n) is 12.1. The van der Waals surface area contributed by atoms with Crippen LogP contribution < -0.4 is 0 Å². The molecule has 5 nitrogen and oxygen atoms in total. The molecule has 1 fully saturated rings. The SMILES string of the molecule is CN(CCCO)C1CCN(Cc2cnn(C)c2)CC1. The monoisotopic (exact) mass is 266 g/mol. The molecule has 1 aliphatic rings. The molecule has 2 rings (SSSR count). The Balaban J connectivity index is 1.73. The molecule has 0 bridgehead atoms. The molecular weight excluding hydrogens is 240 g/mol. The number of aliphatic hydroxyl groups is 1. The Hall–Kier alpha value is -0.910. The Kier molecular flexibility index (Phi) is 5.36. The predicted octanol–water partition coefficient (Wildman–Crippen LogP) is 0.699. The third-order valence-electron chi connectivity index (χ3n) is 4.01. The van der Waals surface area contributed by atoms with Crippen LogP contribution in [0.1, 0.15) is 24.8 Å². The van der Waals surface area contributed by atoms with Crippen LogP contribution in [0.2, 0.25) is 0 Å². The van der Waals surface area contributed by atoms with Crippen molar-refractivity contribution >= 4 is 0 Å². The van der Waals surface area contributed by atoms with E-state index in [-0.39, 0.29) is 0 Å². The molecule has 5 heteroatoms. The Morgan fingerprint density at radius 2 is 2.16 bits per heavy atom. The fourth-order valence-electron chi connectivity index (χ4n) is 2.83. The van der Waals surface area contributed by atoms with Crippen LogP contribution in [0.5, 0.6) is 0 Å². The van der Waals surface area contributed by atoms with Crippen LogP contribution >= 0.6 is 0 Å². The molecule has 1 aliphatic heterocycles. The number of nitrogens with zero attached hydrogens (tertiary/aromatic N) is 4. The summed E-state index contributed by atoms with van der Waals surface area (Å²) < 4.78 is 1.87. The van der Waals surface area contributed by atoms with E-state index in [9.17, 15) is 0 Å². The van der Waals surface area contributed by atoms with E-state index in [1.807, 2.05) is 17.9 Å². The van der Waals surface area contributed by atoms with Gasteiger partial charge in [-0.15, -0.1) is 0 Å². The molecule has 1 aromatic rings. The number of aryl methyl sites for hydroxylation is 1. The van der Waals surface area contributed by atoms with Crippen LogP contribution in [-0.4, -0.2) is 64.0 Å². The number of piperidine rings is 1. The Morgan fingerprint density at radius 3 is 2.74 bits per heavy atom. The van der Waals surface area contributed by atoms with Crippen LogP contribution in [0.25, 0.3) is 0 Å². The molecule has 2 heterocycles. The van der Waals surface area contributed by atoms with Crippen molar-refractivity contribution in [3.63, 3.8) is 0 Å². The van der Waals surface area contributed by atoms with Crippen molar-refractivity contribution in [2.24, 2.45) is 7.05 Å². The number of likely N-dealkylation sites (tertiary alicyclic amines) is 1. The molecule has 0 aromatic carbocycles. The minimum atomic E-state index is 0.296. The topological polar surface area (TPSA) is 44.5 Å². The molecule has 0 spiro atoms. The minimum Gasteiger partial charge on any atom is -0.396 e. The molecule has 0 amide bonds. The zero-order valence-corrected chi connectivity index (χ0v) is 12.1. The van der Waals surface area contributed by atoms with E-state index in [1.54, 1.807) is 0 Å². The second-order valence-corrected chi connectivity index (χ2v) is 5.59. The van der Waals surface area contributed by atoms with Crippen molar-refractivity contribution < 1.29 is 5.11 Å². The fraction of sp³-hybridized carbons (Fsp3) is 0.786. The van der Waals surface area contributed by atoms with Crippen LogP contribution in [-0.2, 0) is 13.6 Å². The quantitative estimate of drug-likeness (QED) is 0.823. The average molecular weight is 266 g/mol. The Morgan fingerprint density at radius 1 is 1.42 bits per heavy atom. The zero-order chi connectivity index (χ0) is 13.7. The van der Waals surface area contributed by atoms with Gasteiger partial charge >= 0.3 is 0 Å². The lowest BCUT2D eigenvalue weighted by Gasteiger charge is -2.36. The molecule has 1 N–H and O–H groups in total. The van der Waals surface area contributed by atoms with Crippen molar-refractivity contribution in [1.29, 1.82) is 0 Å². The molecule has 0 atom stereocenters. The van der Waals surface area contributed by atoms with E-state index in [1.165, 1.54) is 18.4 Å². The van der Waals surface area contributed by atoms with E-state index >= 15 is 0 Å². The highest BCUT2D eigenvalue weighted by Crippen LogP contribution is 2.17. The number of rotatable bonds is 6. The molecular formula is C14H26N4O. The molecule has 19 heavy (non-hydrogen) atoms. The van der Waals surface area contributed by atoms with Crippen molar-refractivity contribution in [3.8, 4) is 0 Å². The lowest BCUT2D eigenvalue weighted by Crippen LogP contribution is -2.43. The summed E-state index contributed by atoms with van der Waals surface area (Å²) in [5.41, 5.74) is 1.30. The normalized spacial score (nSPS) is 18.3. The van der Waals surface area contributed by atoms with Gasteiger partial charge in [0.25, 0.3) is 0 Å². The van der Waals surface area contributed by atoms with Gasteiger partial charge in [-0.1, -0.05) is 0 Å². The summed E-state index contributed by atoms with van der Waals surface area (Å²) in [6, 6.07) is 0.677. The maximum Gasteiger partial charge on any atom is 0.0534 e. The van der Waals surface area contributed by atoms with E-state index in [2.05, 4.69) is 28.1 Å². The van der Waals surface area contributed by atoms with Crippen LogP contribution in [0.4, 0.5) is 0 Å². The molecule has 108 valence electrons. The van der Waals surface area contributed by atoms with Gasteiger partial charge in [-0.2, -0.15) is 5.10 Å². The number of hydrogen-bond donors (Lipinski definition) is 1. The summed E-state index contributed by atoms with van der Waals surface area (Å²) in [5, 5.41) is 13.1. The number of aromatic nitrogens is 2. The van der Waals surface area contributed by atoms with Gasteiger partial charge in [-0.25, -0.2) is 0 Å². The summed E-state index contributed by atoms with van der Waals surface area (Å²) in [5.74, 6) is 0. The lowest BCUT2D eigenvalue weighted by atomic mass is 10.0. The standard InChI is InChI=1S/C14H26N4O/c1-16(6-3-9-19)14-4-7-18(8-5-14)12-13-10-15-17(2)11-13/h10-11,14,19H,3-9,12H2,1-2H3. The van der Waals surface area contributed by atoms with Crippen molar-refractivity contribution in [1.82, 2.24) is 19.6 Å². The highest BCUT2D eigenvalue weighted by molar-refractivity contribution is 5.03. The van der Waals surface area contributed by atoms with Gasteiger partial charge in [0.1, 0.15) is 0 Å². The third kappa shape index (κ3) is 4.30. The summed E-state index contributed by atoms with van der Waals surface area (Å²) in [7, 11) is 4.14. The third-order valence-corrected chi connectivity index (χ3v) is 4.01. The molecule has 1 saturated heterocycles. The maximum atomic E-state index is 8.88. The summed E-state index contributed by atoms with van der Waals surface area (Å²) in [6.45, 7) is 4.63. The maximum absolute atomic E-state index is 8.88. The summed E-state index contributed by atoms with van der Waals surface area (Å²) >= 11 is 0. The van der Waals surface area contributed by atoms with Gasteiger partial charge < -0.3 is 10.0 Å². The van der Waals surface area contributed by atoms with Gasteiger partial charge in [0.05, 0.1) is 6.20 Å². The van der Waals surface area contributed by atoms with Crippen LogP contribution in [0.3, 0.4) is 0 Å². The molecule has 0 saturated carbocycles. The number of hydrogen-bond acceptors (Lipinski definition) is 4. The molecule has 0 radical (unpaired) electrons. The summed E-state index contributed by atoms with van der Waals surface area (Å²) in [6.07, 6.45) is 7.38. The largest absolute Gasteiger partial charge is 0.396 e. The predicted molar refractivity (Wildman–Crippen MR) is 75.8 cm³/mol. The van der Waals surface area contributed by atoms with Gasteiger partial charge in [-0.05, 0) is 39.4 Å². The summed E-state index contributed by atoms with van der Waals surface area (Å²) in [4.78, 5) is 4.91. The minimum absolute atomic E-state index is 0.296. The van der Waals surface area contributed by atoms with Crippen molar-refractivity contribution in [2.75, 3.05) is 33.3 Å². The molecule has 0 unspecified atom stereocenters. The van der Waals surface area contributed by atoms with Gasteiger partial charge in [-0.3, -0.25) is 9.58 Å². The second-order valence-electron chi connectivity index (χ2n) is 5.59. The highest BCUT2D eigenvalue weighted by Gasteiger charge is 2.22. The van der Waals surface area contributed by atoms with Crippen LogP contribution in [0, 0.1) is 0 Å². The average Bonchev–Trinajstić information content (AvgIpc) is 2.82. The van der Waals surface area contributed by atoms with E-state index in [0.717, 1.165) is 32.6 Å². The van der Waals surface area contributed by atoms with Crippen molar-refractivity contribution in [3.05, 3.63) is 18.0 Å². The van der Waals surface area contributed by atoms with Crippen molar-refractivity contribution in [2.45, 2.75) is 31.8 Å². The highest BCUT2D eigenvalue weighted by atomic mass is 16.3.